The standard InChI is InChI=1S/C11H15IN4/c1-8(2)16-5-4-10(13-16)7-15-6-9(3)11(12)14-15/h4-6,8H,7H2,1-3H3. The molecule has 0 fully saturated rings. The Morgan fingerprint density at radius 1 is 1.38 bits per heavy atom. The minimum absolute atomic E-state index is 0.410. The van der Waals surface area contributed by atoms with Crippen molar-refractivity contribution in [3.8, 4) is 0 Å². The highest BCUT2D eigenvalue weighted by Gasteiger charge is 2.05. The van der Waals surface area contributed by atoms with Gasteiger partial charge in [-0.05, 0) is 49.4 Å². The van der Waals surface area contributed by atoms with E-state index in [1.807, 2.05) is 21.6 Å². The molecular formula is C11H15IN4. The van der Waals surface area contributed by atoms with E-state index in [-0.39, 0.29) is 0 Å². The third kappa shape index (κ3) is 2.45. The third-order valence-corrected chi connectivity index (χ3v) is 3.47. The van der Waals surface area contributed by atoms with Crippen molar-refractivity contribution >= 4 is 22.6 Å². The van der Waals surface area contributed by atoms with Gasteiger partial charge in [-0.2, -0.15) is 10.2 Å². The Labute approximate surface area is 109 Å². The van der Waals surface area contributed by atoms with Gasteiger partial charge in [0.25, 0.3) is 0 Å². The molecule has 0 radical (unpaired) electrons. The fraction of sp³-hybridized carbons (Fsp3) is 0.455. The second-order valence-corrected chi connectivity index (χ2v) is 5.20. The molecule has 0 aliphatic heterocycles. The normalized spacial score (nSPS) is 11.3. The zero-order chi connectivity index (χ0) is 11.7. The molecule has 2 aromatic heterocycles. The van der Waals surface area contributed by atoms with Gasteiger partial charge < -0.3 is 0 Å². The summed E-state index contributed by atoms with van der Waals surface area (Å²) in [4.78, 5) is 0. The Morgan fingerprint density at radius 3 is 2.62 bits per heavy atom. The fourth-order valence-electron chi connectivity index (χ4n) is 1.49. The number of halogens is 1. The lowest BCUT2D eigenvalue weighted by Crippen LogP contribution is -2.05. The predicted molar refractivity (Wildman–Crippen MR) is 71.4 cm³/mol. The smallest absolute Gasteiger partial charge is 0.126 e. The van der Waals surface area contributed by atoms with E-state index < -0.39 is 0 Å². The van der Waals surface area contributed by atoms with Crippen molar-refractivity contribution in [2.24, 2.45) is 0 Å². The van der Waals surface area contributed by atoms with Crippen LogP contribution < -0.4 is 0 Å². The summed E-state index contributed by atoms with van der Waals surface area (Å²) in [5.41, 5.74) is 2.26. The molecule has 0 N–H and O–H groups in total. The van der Waals surface area contributed by atoms with Crippen molar-refractivity contribution in [3.63, 3.8) is 0 Å². The molecule has 0 bridgehead atoms. The molecular weight excluding hydrogens is 315 g/mol. The van der Waals surface area contributed by atoms with E-state index in [9.17, 15) is 0 Å². The Bertz CT molecular complexity index is 464. The number of aryl methyl sites for hydroxylation is 1. The van der Waals surface area contributed by atoms with Gasteiger partial charge in [0.05, 0.1) is 12.2 Å². The van der Waals surface area contributed by atoms with Crippen LogP contribution in [0.15, 0.2) is 18.5 Å². The van der Waals surface area contributed by atoms with E-state index in [2.05, 4.69) is 59.8 Å². The minimum Gasteiger partial charge on any atom is -0.270 e. The number of hydrogen-bond acceptors (Lipinski definition) is 2. The Hall–Kier alpha value is -0.850. The molecule has 2 rings (SSSR count). The van der Waals surface area contributed by atoms with Gasteiger partial charge in [-0.15, -0.1) is 0 Å². The second kappa shape index (κ2) is 4.57. The van der Waals surface area contributed by atoms with E-state index in [1.165, 1.54) is 5.56 Å². The van der Waals surface area contributed by atoms with Gasteiger partial charge in [0.15, 0.2) is 0 Å². The maximum absolute atomic E-state index is 4.50. The summed E-state index contributed by atoms with van der Waals surface area (Å²) in [5, 5.41) is 8.91. The summed E-state index contributed by atoms with van der Waals surface area (Å²) in [7, 11) is 0. The maximum atomic E-state index is 4.50. The van der Waals surface area contributed by atoms with Gasteiger partial charge in [0.2, 0.25) is 0 Å². The van der Waals surface area contributed by atoms with Crippen LogP contribution >= 0.6 is 22.6 Å². The minimum atomic E-state index is 0.410. The van der Waals surface area contributed by atoms with E-state index in [1.54, 1.807) is 0 Å². The summed E-state index contributed by atoms with van der Waals surface area (Å²) >= 11 is 2.25. The van der Waals surface area contributed by atoms with Gasteiger partial charge in [-0.3, -0.25) is 9.36 Å². The Morgan fingerprint density at radius 2 is 2.12 bits per heavy atom. The average molecular weight is 330 g/mol. The van der Waals surface area contributed by atoms with E-state index in [4.69, 9.17) is 0 Å². The van der Waals surface area contributed by atoms with Gasteiger partial charge in [-0.25, -0.2) is 0 Å². The summed E-state index contributed by atoms with van der Waals surface area (Å²) in [6.45, 7) is 7.05. The van der Waals surface area contributed by atoms with Crippen LogP contribution in [-0.2, 0) is 6.54 Å². The monoisotopic (exact) mass is 330 g/mol. The van der Waals surface area contributed by atoms with Crippen LogP contribution in [0.2, 0.25) is 0 Å². The number of hydrogen-bond donors (Lipinski definition) is 0. The number of nitrogens with zero attached hydrogens (tertiary/aromatic N) is 4. The molecule has 0 amide bonds. The first-order chi connectivity index (χ1) is 7.56. The molecule has 5 heteroatoms. The maximum Gasteiger partial charge on any atom is 0.126 e. The number of aromatic nitrogens is 4. The van der Waals surface area contributed by atoms with Gasteiger partial charge in [0, 0.05) is 24.0 Å². The summed E-state index contributed by atoms with van der Waals surface area (Å²) < 4.78 is 4.96. The first-order valence-electron chi connectivity index (χ1n) is 5.30. The molecule has 2 aromatic rings. The van der Waals surface area contributed by atoms with Crippen LogP contribution in [0.5, 0.6) is 0 Å². The lowest BCUT2D eigenvalue weighted by molar-refractivity contribution is 0.520. The fourth-order valence-corrected chi connectivity index (χ4v) is 1.91. The van der Waals surface area contributed by atoms with Gasteiger partial charge in [0.1, 0.15) is 3.70 Å². The topological polar surface area (TPSA) is 35.6 Å². The van der Waals surface area contributed by atoms with Crippen molar-refractivity contribution in [1.82, 2.24) is 19.6 Å². The quantitative estimate of drug-likeness (QED) is 0.811. The average Bonchev–Trinajstić information content (AvgIpc) is 2.76. The summed E-state index contributed by atoms with van der Waals surface area (Å²) in [6.07, 6.45) is 4.07. The molecule has 4 nitrogen and oxygen atoms in total. The highest BCUT2D eigenvalue weighted by Crippen LogP contribution is 2.10. The van der Waals surface area contributed by atoms with Crippen LogP contribution in [0.4, 0.5) is 0 Å². The molecule has 0 spiro atoms. The third-order valence-electron chi connectivity index (χ3n) is 2.40. The van der Waals surface area contributed by atoms with Crippen molar-refractivity contribution in [2.45, 2.75) is 33.4 Å². The lowest BCUT2D eigenvalue weighted by Gasteiger charge is -2.03. The molecule has 86 valence electrons. The summed E-state index contributed by atoms with van der Waals surface area (Å²) in [6, 6.07) is 2.46. The molecule has 16 heavy (non-hydrogen) atoms. The molecule has 0 unspecified atom stereocenters. The van der Waals surface area contributed by atoms with Crippen molar-refractivity contribution in [3.05, 3.63) is 33.4 Å². The number of rotatable bonds is 3. The van der Waals surface area contributed by atoms with Crippen molar-refractivity contribution in [1.29, 1.82) is 0 Å². The van der Waals surface area contributed by atoms with Crippen molar-refractivity contribution in [2.75, 3.05) is 0 Å². The highest BCUT2D eigenvalue weighted by atomic mass is 127. The molecule has 0 saturated carbocycles. The van der Waals surface area contributed by atoms with Crippen LogP contribution in [0.25, 0.3) is 0 Å². The SMILES string of the molecule is Cc1cn(Cc2ccn(C(C)C)n2)nc1I. The van der Waals surface area contributed by atoms with Crippen molar-refractivity contribution < 1.29 is 0 Å². The van der Waals surface area contributed by atoms with Crippen LogP contribution in [0.1, 0.15) is 31.1 Å². The zero-order valence-corrected chi connectivity index (χ0v) is 11.8. The zero-order valence-electron chi connectivity index (χ0n) is 9.68. The largest absolute Gasteiger partial charge is 0.270 e. The first kappa shape index (κ1) is 11.6. The first-order valence-corrected chi connectivity index (χ1v) is 6.37. The Balaban J connectivity index is 2.14. The second-order valence-electron chi connectivity index (χ2n) is 4.18. The van der Waals surface area contributed by atoms with Crippen LogP contribution in [0.3, 0.4) is 0 Å². The van der Waals surface area contributed by atoms with Crippen LogP contribution in [0, 0.1) is 10.6 Å². The van der Waals surface area contributed by atoms with Gasteiger partial charge in [-0.1, -0.05) is 0 Å². The lowest BCUT2D eigenvalue weighted by atomic mass is 10.4. The van der Waals surface area contributed by atoms with E-state index in [0.29, 0.717) is 6.04 Å². The van der Waals surface area contributed by atoms with E-state index in [0.717, 1.165) is 15.9 Å². The highest BCUT2D eigenvalue weighted by molar-refractivity contribution is 14.1. The Kier molecular flexibility index (Phi) is 3.32. The van der Waals surface area contributed by atoms with E-state index >= 15 is 0 Å². The molecule has 0 aromatic carbocycles. The van der Waals surface area contributed by atoms with Gasteiger partial charge >= 0.3 is 0 Å². The molecule has 0 atom stereocenters. The molecule has 0 saturated heterocycles. The molecule has 0 aliphatic rings. The summed E-state index contributed by atoms with van der Waals surface area (Å²) in [5.74, 6) is 0. The molecule has 0 aliphatic carbocycles. The van der Waals surface area contributed by atoms with Crippen LogP contribution in [-0.4, -0.2) is 19.6 Å². The predicted octanol–water partition coefficient (Wildman–Crippen LogP) is 2.62. The molecule has 2 heterocycles.